The van der Waals surface area contributed by atoms with Crippen molar-refractivity contribution in [1.29, 1.82) is 5.26 Å². The molecule has 0 unspecified atom stereocenters. The van der Waals surface area contributed by atoms with Crippen molar-refractivity contribution < 1.29 is 9.59 Å². The van der Waals surface area contributed by atoms with Crippen molar-refractivity contribution in [3.8, 4) is 6.07 Å². The van der Waals surface area contributed by atoms with Gasteiger partial charge in [0.1, 0.15) is 0 Å². The molecule has 0 heterocycles. The summed E-state index contributed by atoms with van der Waals surface area (Å²) in [5.74, 6) is -1.37. The number of hydrogen-bond acceptors (Lipinski definition) is 3. The number of hydrogen-bond donors (Lipinski definition) is 2. The van der Waals surface area contributed by atoms with E-state index in [-0.39, 0.29) is 0 Å². The van der Waals surface area contributed by atoms with Crippen molar-refractivity contribution in [3.63, 3.8) is 0 Å². The van der Waals surface area contributed by atoms with Crippen molar-refractivity contribution >= 4 is 17.5 Å². The summed E-state index contributed by atoms with van der Waals surface area (Å²) in [6.45, 7) is 0.469. The molecule has 5 heteroatoms. The minimum absolute atomic E-state index is 0.433. The summed E-state index contributed by atoms with van der Waals surface area (Å²) < 4.78 is 0. The number of nitrogens with one attached hydrogen (secondary N) is 2. The zero-order valence-electron chi connectivity index (χ0n) is 12.4. The lowest BCUT2D eigenvalue weighted by Gasteiger charge is -2.12. The molecule has 5 nitrogen and oxygen atoms in total. The van der Waals surface area contributed by atoms with Crippen LogP contribution in [-0.2, 0) is 9.59 Å². The molecule has 2 N–H and O–H groups in total. The fourth-order valence-electron chi connectivity index (χ4n) is 2.40. The lowest BCUT2D eigenvalue weighted by atomic mass is 9.97. The highest BCUT2D eigenvalue weighted by Crippen LogP contribution is 2.19. The summed E-state index contributed by atoms with van der Waals surface area (Å²) >= 11 is 0. The van der Waals surface area contributed by atoms with Gasteiger partial charge in [0.25, 0.3) is 0 Å². The molecular formula is C17H19N3O2. The van der Waals surface area contributed by atoms with Crippen molar-refractivity contribution in [2.24, 2.45) is 0 Å². The van der Waals surface area contributed by atoms with Crippen molar-refractivity contribution in [1.82, 2.24) is 5.32 Å². The number of amides is 2. The Balaban J connectivity index is 1.78. The molecule has 2 amide bonds. The first-order chi connectivity index (χ1) is 10.7. The molecule has 0 aliphatic heterocycles. The Morgan fingerprint density at radius 2 is 2.09 bits per heavy atom. The van der Waals surface area contributed by atoms with E-state index in [1.54, 1.807) is 18.2 Å². The molecule has 0 radical (unpaired) electrons. The number of benzene rings is 1. The van der Waals surface area contributed by atoms with Gasteiger partial charge in [-0.15, -0.1) is 0 Å². The molecule has 1 aliphatic carbocycles. The van der Waals surface area contributed by atoms with Crippen molar-refractivity contribution in [3.05, 3.63) is 41.5 Å². The van der Waals surface area contributed by atoms with E-state index in [1.165, 1.54) is 24.5 Å². The Kier molecular flexibility index (Phi) is 5.73. The number of rotatable bonds is 4. The molecule has 1 aromatic rings. The minimum Gasteiger partial charge on any atom is -0.348 e. The molecule has 0 saturated carbocycles. The normalized spacial score (nSPS) is 13.7. The molecule has 114 valence electrons. The molecule has 0 aromatic heterocycles. The largest absolute Gasteiger partial charge is 0.348 e. The number of carbonyl (C=O) groups is 2. The monoisotopic (exact) mass is 297 g/mol. The molecular weight excluding hydrogens is 278 g/mol. The molecule has 0 spiro atoms. The topological polar surface area (TPSA) is 82.0 Å². The van der Waals surface area contributed by atoms with E-state index in [0.717, 1.165) is 19.3 Å². The van der Waals surface area contributed by atoms with E-state index in [0.29, 0.717) is 17.8 Å². The number of nitrogens with zero attached hydrogens (tertiary/aromatic N) is 1. The predicted molar refractivity (Wildman–Crippen MR) is 84.0 cm³/mol. The van der Waals surface area contributed by atoms with Gasteiger partial charge in [-0.3, -0.25) is 9.59 Å². The second-order valence-electron chi connectivity index (χ2n) is 5.26. The van der Waals surface area contributed by atoms with Gasteiger partial charge in [-0.25, -0.2) is 0 Å². The standard InChI is InChI=1S/C17H19N3O2/c18-12-14-7-4-8-15(11-14)20-17(22)16(21)19-10-9-13-5-2-1-3-6-13/h4-5,7-8,11H,1-3,6,9-10H2,(H,19,21)(H,20,22). The quantitative estimate of drug-likeness (QED) is 0.661. The molecule has 22 heavy (non-hydrogen) atoms. The van der Waals surface area contributed by atoms with Crippen LogP contribution in [0.25, 0.3) is 0 Å². The first kappa shape index (κ1) is 15.8. The van der Waals surface area contributed by atoms with Gasteiger partial charge in [0.15, 0.2) is 0 Å². The second-order valence-corrected chi connectivity index (χ2v) is 5.26. The van der Waals surface area contributed by atoms with Crippen LogP contribution in [-0.4, -0.2) is 18.4 Å². The Morgan fingerprint density at radius 1 is 1.23 bits per heavy atom. The van der Waals surface area contributed by atoms with E-state index in [4.69, 9.17) is 5.26 Å². The maximum Gasteiger partial charge on any atom is 0.313 e. The summed E-state index contributed by atoms with van der Waals surface area (Å²) in [6, 6.07) is 8.43. The van der Waals surface area contributed by atoms with E-state index in [9.17, 15) is 9.59 Å². The van der Waals surface area contributed by atoms with Gasteiger partial charge in [0.2, 0.25) is 0 Å². The van der Waals surface area contributed by atoms with Crippen LogP contribution in [0.1, 0.15) is 37.7 Å². The molecule has 0 fully saturated rings. The SMILES string of the molecule is N#Cc1cccc(NC(=O)C(=O)NCCC2=CCCCC2)c1. The zero-order chi connectivity index (χ0) is 15.8. The fraction of sp³-hybridized carbons (Fsp3) is 0.353. The van der Waals surface area contributed by atoms with E-state index < -0.39 is 11.8 Å². The third kappa shape index (κ3) is 4.74. The van der Waals surface area contributed by atoms with Crippen LogP contribution in [0.5, 0.6) is 0 Å². The summed E-state index contributed by atoms with van der Waals surface area (Å²) in [5.41, 5.74) is 2.23. The number of allylic oxidation sites excluding steroid dienone is 1. The maximum absolute atomic E-state index is 11.8. The van der Waals surface area contributed by atoms with Crippen LogP contribution in [0.4, 0.5) is 5.69 Å². The molecule has 0 bridgehead atoms. The first-order valence-electron chi connectivity index (χ1n) is 7.46. The summed E-state index contributed by atoms with van der Waals surface area (Å²) in [7, 11) is 0. The Morgan fingerprint density at radius 3 is 2.82 bits per heavy atom. The van der Waals surface area contributed by atoms with E-state index >= 15 is 0 Å². The Bertz CT molecular complexity index is 629. The number of carbonyl (C=O) groups excluding carboxylic acids is 2. The third-order valence-electron chi connectivity index (χ3n) is 3.57. The van der Waals surface area contributed by atoms with Crippen LogP contribution in [0.3, 0.4) is 0 Å². The fourth-order valence-corrected chi connectivity index (χ4v) is 2.40. The van der Waals surface area contributed by atoms with Gasteiger partial charge in [-0.2, -0.15) is 5.26 Å². The third-order valence-corrected chi connectivity index (χ3v) is 3.57. The van der Waals surface area contributed by atoms with Crippen LogP contribution in [0.2, 0.25) is 0 Å². The van der Waals surface area contributed by atoms with Crippen LogP contribution >= 0.6 is 0 Å². The lowest BCUT2D eigenvalue weighted by Crippen LogP contribution is -2.36. The number of anilines is 1. The number of nitriles is 1. The van der Waals surface area contributed by atoms with Crippen LogP contribution < -0.4 is 10.6 Å². The van der Waals surface area contributed by atoms with Crippen molar-refractivity contribution in [2.45, 2.75) is 32.1 Å². The molecule has 1 aromatic carbocycles. The summed E-state index contributed by atoms with van der Waals surface area (Å²) in [6.07, 6.45) is 7.66. The Labute approximate surface area is 130 Å². The smallest absolute Gasteiger partial charge is 0.313 e. The summed E-state index contributed by atoms with van der Waals surface area (Å²) in [4.78, 5) is 23.5. The van der Waals surface area contributed by atoms with Gasteiger partial charge < -0.3 is 10.6 Å². The van der Waals surface area contributed by atoms with Gasteiger partial charge >= 0.3 is 11.8 Å². The van der Waals surface area contributed by atoms with Gasteiger partial charge in [-0.1, -0.05) is 17.7 Å². The maximum atomic E-state index is 11.8. The second kappa shape index (κ2) is 7.99. The average molecular weight is 297 g/mol. The van der Waals surface area contributed by atoms with Gasteiger partial charge in [0.05, 0.1) is 11.6 Å². The summed E-state index contributed by atoms with van der Waals surface area (Å²) in [5, 5.41) is 13.9. The van der Waals surface area contributed by atoms with E-state index in [2.05, 4.69) is 16.7 Å². The minimum atomic E-state index is -0.715. The highest BCUT2D eigenvalue weighted by Gasteiger charge is 2.13. The van der Waals surface area contributed by atoms with Crippen molar-refractivity contribution in [2.75, 3.05) is 11.9 Å². The molecule has 1 aliphatic rings. The Hall–Kier alpha value is -2.61. The average Bonchev–Trinajstić information content (AvgIpc) is 2.56. The lowest BCUT2D eigenvalue weighted by molar-refractivity contribution is -0.136. The highest BCUT2D eigenvalue weighted by molar-refractivity contribution is 6.39. The molecule has 2 rings (SSSR count). The van der Waals surface area contributed by atoms with Gasteiger partial charge in [-0.05, 0) is 50.3 Å². The van der Waals surface area contributed by atoms with E-state index in [1.807, 2.05) is 6.07 Å². The van der Waals surface area contributed by atoms with Crippen LogP contribution in [0, 0.1) is 11.3 Å². The predicted octanol–water partition coefficient (Wildman–Crippen LogP) is 2.50. The van der Waals surface area contributed by atoms with Gasteiger partial charge in [0, 0.05) is 12.2 Å². The molecule has 0 saturated heterocycles. The highest BCUT2D eigenvalue weighted by atomic mass is 16.2. The zero-order valence-corrected chi connectivity index (χ0v) is 12.4. The first-order valence-corrected chi connectivity index (χ1v) is 7.46. The van der Waals surface area contributed by atoms with Crippen LogP contribution in [0.15, 0.2) is 35.9 Å². The molecule has 0 atom stereocenters.